The Morgan fingerprint density at radius 3 is 1.32 bits per heavy atom. The second kappa shape index (κ2) is 59.6. The van der Waals surface area contributed by atoms with Crippen molar-refractivity contribution in [3.05, 3.63) is 472 Å². The summed E-state index contributed by atoms with van der Waals surface area (Å²) in [6.07, 6.45) is 70.6. The van der Waals surface area contributed by atoms with E-state index in [-0.39, 0.29) is 0 Å². The lowest BCUT2D eigenvalue weighted by Gasteiger charge is -1.86. The summed E-state index contributed by atoms with van der Waals surface area (Å²) in [5, 5.41) is 19.3. The lowest BCUT2D eigenvalue weighted by molar-refractivity contribution is 0.567. The summed E-state index contributed by atoms with van der Waals surface area (Å²) in [5.74, 6) is 0. The van der Waals surface area contributed by atoms with E-state index in [1.165, 1.54) is 36.9 Å². The van der Waals surface area contributed by atoms with Crippen molar-refractivity contribution in [1.82, 2.24) is 88.4 Å². The molecular weight excluding hydrogens is 1510 g/mol. The molecule has 0 saturated carbocycles. The average Bonchev–Trinajstić information content (AvgIpc) is 1.80. The van der Waals surface area contributed by atoms with Gasteiger partial charge in [0.1, 0.15) is 0 Å². The molecule has 117 heavy (non-hydrogen) atoms. The number of H-pyrrole nitrogens is 2. The first-order chi connectivity index (χ1) is 58.3. The molecule has 2 N–H and O–H groups in total. The maximum Gasteiger partial charge on any atom is 0.155 e. The van der Waals surface area contributed by atoms with Gasteiger partial charge in [-0.25, -0.2) is 29.0 Å². The molecule has 0 bridgehead atoms. The predicted octanol–water partition coefficient (Wildman–Crippen LogP) is 21.1. The minimum atomic E-state index is 0.887. The van der Waals surface area contributed by atoms with Crippen LogP contribution in [0, 0.1) is 0 Å². The molecule has 21 aromatic rings. The number of benzene rings is 4. The van der Waals surface area contributed by atoms with E-state index in [4.69, 9.17) is 0 Å². The molecular formula is C93H87N19O2S3. The highest BCUT2D eigenvalue weighted by Gasteiger charge is 1.93. The Morgan fingerprint density at radius 1 is 0.333 bits per heavy atom. The van der Waals surface area contributed by atoms with Crippen molar-refractivity contribution >= 4 is 101 Å². The zero-order valence-corrected chi connectivity index (χ0v) is 66.3. The van der Waals surface area contributed by atoms with Gasteiger partial charge < -0.3 is 23.2 Å². The number of allylic oxidation sites excluding steroid dienone is 5. The zero-order chi connectivity index (χ0) is 80.9. The number of nitrogens with zero attached hydrogens (tertiary/aromatic N) is 17. The number of hydrogen-bond donors (Lipinski definition) is 2. The molecule has 2 aliphatic carbocycles. The SMILES string of the molecule is C1=CCC=C1.C1=CN=CC1.C1=c2ccccc2=CC1.c1ccc2[nH]ccc2c1.c1ccc2[nH]ccc2c1.c1ccc2scnc2c1.c1ccncc1.c1ccncc1.c1ccncc1.c1ccoc1.c1ccoc1.c1ccsc1.c1cn2ccnc2cn1.c1cnc2ccnn2c1.c1cnccn1.c1cnn2ccnc2c1.c1cscn1. The Bertz CT molecular complexity index is 4830. The highest BCUT2D eigenvalue weighted by atomic mass is 32.1. The molecule has 3 aliphatic rings. The second-order valence-electron chi connectivity index (χ2n) is 22.6. The largest absolute Gasteiger partial charge is 0.473 e. The predicted molar refractivity (Wildman–Crippen MR) is 478 cm³/mol. The summed E-state index contributed by atoms with van der Waals surface area (Å²) >= 11 is 4.99. The molecule has 0 amide bonds. The molecule has 21 nitrogen and oxygen atoms in total. The fourth-order valence-electron chi connectivity index (χ4n) is 9.03. The van der Waals surface area contributed by atoms with Crippen LogP contribution in [0.5, 0.6) is 0 Å². The Morgan fingerprint density at radius 2 is 0.872 bits per heavy atom. The number of aromatic nitrogens is 18. The van der Waals surface area contributed by atoms with Gasteiger partial charge in [-0.15, -0.1) is 22.7 Å². The highest BCUT2D eigenvalue weighted by Crippen LogP contribution is 2.16. The van der Waals surface area contributed by atoms with Crippen LogP contribution in [0.15, 0.2) is 476 Å². The van der Waals surface area contributed by atoms with Crippen LogP contribution in [0.4, 0.5) is 0 Å². The van der Waals surface area contributed by atoms with Gasteiger partial charge in [-0.05, 0) is 160 Å². The van der Waals surface area contributed by atoms with Crippen LogP contribution in [0.3, 0.4) is 0 Å². The summed E-state index contributed by atoms with van der Waals surface area (Å²) in [6, 6.07) is 73.1. The van der Waals surface area contributed by atoms with Gasteiger partial charge in [0.15, 0.2) is 16.9 Å². The van der Waals surface area contributed by atoms with Gasteiger partial charge in [-0.3, -0.25) is 39.9 Å². The number of furan rings is 2. The highest BCUT2D eigenvalue weighted by molar-refractivity contribution is 7.16. The minimum Gasteiger partial charge on any atom is -0.473 e. The van der Waals surface area contributed by atoms with Gasteiger partial charge in [0.25, 0.3) is 0 Å². The van der Waals surface area contributed by atoms with E-state index in [0.29, 0.717) is 0 Å². The molecule has 17 aromatic heterocycles. The first kappa shape index (κ1) is 87.3. The molecule has 584 valence electrons. The molecule has 18 heterocycles. The van der Waals surface area contributed by atoms with Crippen molar-refractivity contribution in [2.45, 2.75) is 19.3 Å². The van der Waals surface area contributed by atoms with Crippen molar-refractivity contribution in [1.29, 1.82) is 0 Å². The summed E-state index contributed by atoms with van der Waals surface area (Å²) in [6.45, 7) is 0. The lowest BCUT2D eigenvalue weighted by atomic mass is 10.3. The molecule has 0 radical (unpaired) electrons. The van der Waals surface area contributed by atoms with E-state index in [2.05, 4.69) is 192 Å². The number of aliphatic imine (C=N–C) groups is 1. The summed E-state index contributed by atoms with van der Waals surface area (Å²) in [5.41, 5.74) is 9.83. The van der Waals surface area contributed by atoms with Gasteiger partial charge in [0.2, 0.25) is 0 Å². The van der Waals surface area contributed by atoms with Crippen LogP contribution in [0.2, 0.25) is 0 Å². The van der Waals surface area contributed by atoms with Gasteiger partial charge in [0, 0.05) is 178 Å². The molecule has 1 aliphatic heterocycles. The van der Waals surface area contributed by atoms with E-state index < -0.39 is 0 Å². The lowest BCUT2D eigenvalue weighted by Crippen LogP contribution is -2.19. The maximum absolute atomic E-state index is 4.58. The summed E-state index contributed by atoms with van der Waals surface area (Å²) in [7, 11) is 0. The normalized spacial score (nSPS) is 10.3. The van der Waals surface area contributed by atoms with Crippen LogP contribution < -0.4 is 10.4 Å². The van der Waals surface area contributed by atoms with E-state index in [9.17, 15) is 0 Å². The van der Waals surface area contributed by atoms with E-state index >= 15 is 0 Å². The standard InChI is InChI=1S/C9H8.2C8H7N.C7H5NS.3C6H5N3.3C5H5N.C5H6.C4H4N2.C4H5N.2C4H4O.C4H4S.C3H3NS/c1-2-5-9-7-3-6-8(9)4-1;2*1-2-4-8-7(3-1)5-6-9-8;1-2-4-7-6(3-1)8-5-9-7;1-3-9-4-2-8-6(9)5-7-1;1-3-7-6-2-4-8-9(6)5-1;1-2-6-7-4-5-9(6)8-3-1;3*1-2-4-6-5-3-1;1-2-4-5-3-1;1-2-6-4-3-5-1;4*1-2-4-5-3-1;1-2-5-3-4-1/h1-2,4-7H,3H2;2*1-6,9H;4*1-5H;3*1-5H;1-4H,5H2;1-4H;1,3-4H,2H2;3*1-4H;1-3H. The number of pyridine rings is 3. The van der Waals surface area contributed by atoms with Crippen molar-refractivity contribution in [2.75, 3.05) is 0 Å². The van der Waals surface area contributed by atoms with Crippen LogP contribution >= 0.6 is 34.0 Å². The number of thiazole rings is 2. The zero-order valence-electron chi connectivity index (χ0n) is 63.9. The third kappa shape index (κ3) is 39.5. The monoisotopic (exact) mass is 1600 g/mol. The third-order valence-electron chi connectivity index (χ3n) is 14.4. The number of imidazole rings is 2. The van der Waals surface area contributed by atoms with Gasteiger partial charge >= 0.3 is 0 Å². The maximum atomic E-state index is 4.58. The number of thiophene rings is 1. The number of hydrogen-bond acceptors (Lipinski definition) is 19. The second-order valence-corrected chi connectivity index (χ2v) is 25.0. The molecule has 0 saturated heterocycles. The van der Waals surface area contributed by atoms with E-state index in [1.807, 2.05) is 233 Å². The molecule has 4 aromatic carbocycles. The van der Waals surface area contributed by atoms with Gasteiger partial charge in [-0.1, -0.05) is 146 Å². The first-order valence-corrected chi connectivity index (χ1v) is 39.3. The molecule has 0 atom stereocenters. The molecule has 0 fully saturated rings. The Hall–Kier alpha value is -15.2. The van der Waals surface area contributed by atoms with Crippen LogP contribution in [0.25, 0.3) is 61.1 Å². The number of aromatic amines is 2. The molecule has 24 rings (SSSR count). The van der Waals surface area contributed by atoms with Gasteiger partial charge in [-0.2, -0.15) is 21.5 Å². The summed E-state index contributed by atoms with van der Waals surface area (Å²) < 4.78 is 15.8. The van der Waals surface area contributed by atoms with E-state index in [1.54, 1.807) is 191 Å². The van der Waals surface area contributed by atoms with Crippen molar-refractivity contribution in [3.8, 4) is 0 Å². The molecule has 0 unspecified atom stereocenters. The third-order valence-corrected chi connectivity index (χ3v) is 16.3. The quantitative estimate of drug-likeness (QED) is 0.143. The number of rotatable bonds is 0. The van der Waals surface area contributed by atoms with E-state index in [0.717, 1.165) is 41.7 Å². The Kier molecular flexibility index (Phi) is 44.5. The first-order valence-electron chi connectivity index (χ1n) is 36.5. The minimum absolute atomic E-state index is 0.887. The van der Waals surface area contributed by atoms with Crippen molar-refractivity contribution in [2.24, 2.45) is 4.99 Å². The number of nitrogens with one attached hydrogen (secondary N) is 2. The Balaban J connectivity index is 0.000000156. The summed E-state index contributed by atoms with van der Waals surface area (Å²) in [4.78, 5) is 52.7. The number of para-hydroxylation sites is 3. The van der Waals surface area contributed by atoms with Crippen molar-refractivity contribution in [3.63, 3.8) is 0 Å². The number of fused-ring (bicyclic) bond motifs is 7. The van der Waals surface area contributed by atoms with Crippen LogP contribution in [0.1, 0.15) is 19.3 Å². The van der Waals surface area contributed by atoms with Crippen molar-refractivity contribution < 1.29 is 8.83 Å². The molecule has 24 heteroatoms. The smallest absolute Gasteiger partial charge is 0.155 e. The Labute approximate surface area is 690 Å². The van der Waals surface area contributed by atoms with Crippen LogP contribution in [-0.2, 0) is 0 Å². The topological polar surface area (TPSA) is 251 Å². The molecule has 0 spiro atoms. The fourth-order valence-corrected chi connectivity index (χ4v) is 10.5. The van der Waals surface area contributed by atoms with Gasteiger partial charge in [0.05, 0.1) is 58.7 Å². The van der Waals surface area contributed by atoms with Crippen LogP contribution in [-0.4, -0.2) is 94.6 Å². The average molecular weight is 1600 g/mol. The fraction of sp³-hybridized carbons (Fsp3) is 0.0323.